The fourth-order valence-electron chi connectivity index (χ4n) is 2.39. The average Bonchev–Trinajstić information content (AvgIpc) is 3.07. The lowest BCUT2D eigenvalue weighted by atomic mass is 10.0. The van der Waals surface area contributed by atoms with Crippen molar-refractivity contribution in [3.05, 3.63) is 11.8 Å². The summed E-state index contributed by atoms with van der Waals surface area (Å²) in [4.78, 5) is 25.2. The van der Waals surface area contributed by atoms with Gasteiger partial charge < -0.3 is 20.1 Å². The van der Waals surface area contributed by atoms with Gasteiger partial charge in [0.2, 0.25) is 11.8 Å². The predicted molar refractivity (Wildman–Crippen MR) is 77.7 cm³/mol. The predicted octanol–water partition coefficient (Wildman–Crippen LogP) is 0.770. The number of aryl methyl sites for hydroxylation is 1. The SMILES string of the molecule is Cc1cc(NC(=O)CN(C)C(=O)CCC2CCNC2)no1. The van der Waals surface area contributed by atoms with Gasteiger partial charge in [-0.2, -0.15) is 0 Å². The van der Waals surface area contributed by atoms with Crippen molar-refractivity contribution >= 4 is 17.6 Å². The molecule has 1 fully saturated rings. The first-order valence-corrected chi connectivity index (χ1v) is 7.22. The minimum absolute atomic E-state index is 0.00613. The van der Waals surface area contributed by atoms with E-state index < -0.39 is 0 Å². The van der Waals surface area contributed by atoms with Gasteiger partial charge in [-0.15, -0.1) is 0 Å². The van der Waals surface area contributed by atoms with Crippen molar-refractivity contribution in [1.29, 1.82) is 0 Å². The van der Waals surface area contributed by atoms with E-state index in [1.807, 2.05) is 0 Å². The number of nitrogens with one attached hydrogen (secondary N) is 2. The maximum absolute atomic E-state index is 12.0. The van der Waals surface area contributed by atoms with Crippen molar-refractivity contribution in [2.75, 3.05) is 32.0 Å². The molecule has 1 aliphatic heterocycles. The number of rotatable bonds is 6. The molecule has 0 radical (unpaired) electrons. The molecule has 2 rings (SSSR count). The maximum atomic E-state index is 12.0. The van der Waals surface area contributed by atoms with Crippen molar-refractivity contribution < 1.29 is 14.1 Å². The third-order valence-electron chi connectivity index (χ3n) is 3.63. The van der Waals surface area contributed by atoms with Crippen LogP contribution in [0.1, 0.15) is 25.0 Å². The summed E-state index contributed by atoms with van der Waals surface area (Å²) < 4.78 is 4.86. The molecule has 1 aliphatic rings. The van der Waals surface area contributed by atoms with Crippen molar-refractivity contribution in [2.45, 2.75) is 26.2 Å². The Morgan fingerprint density at radius 1 is 1.57 bits per heavy atom. The first kappa shape index (κ1) is 15.5. The lowest BCUT2D eigenvalue weighted by molar-refractivity contribution is -0.133. The van der Waals surface area contributed by atoms with Crippen LogP contribution < -0.4 is 10.6 Å². The number of anilines is 1. The Morgan fingerprint density at radius 3 is 3.00 bits per heavy atom. The van der Waals surface area contributed by atoms with Crippen LogP contribution in [0, 0.1) is 12.8 Å². The molecule has 2 N–H and O–H groups in total. The Kier molecular flexibility index (Phi) is 5.32. The van der Waals surface area contributed by atoms with Crippen LogP contribution in [0.25, 0.3) is 0 Å². The van der Waals surface area contributed by atoms with Crippen molar-refractivity contribution in [2.24, 2.45) is 5.92 Å². The van der Waals surface area contributed by atoms with Crippen LogP contribution in [0.3, 0.4) is 0 Å². The third-order valence-corrected chi connectivity index (χ3v) is 3.63. The van der Waals surface area contributed by atoms with Crippen LogP contribution in [0.5, 0.6) is 0 Å². The Labute approximate surface area is 124 Å². The molecule has 7 nitrogen and oxygen atoms in total. The van der Waals surface area contributed by atoms with E-state index >= 15 is 0 Å². The standard InChI is InChI=1S/C14H22N4O3/c1-10-7-12(17-21-10)16-13(19)9-18(2)14(20)4-3-11-5-6-15-8-11/h7,11,15H,3-6,8-9H2,1-2H3,(H,16,17,19). The van der Waals surface area contributed by atoms with E-state index in [-0.39, 0.29) is 18.4 Å². The smallest absolute Gasteiger partial charge is 0.245 e. The molecule has 116 valence electrons. The summed E-state index contributed by atoms with van der Waals surface area (Å²) in [6, 6.07) is 1.63. The average molecular weight is 294 g/mol. The van der Waals surface area contributed by atoms with Gasteiger partial charge in [0.25, 0.3) is 0 Å². The molecule has 0 spiro atoms. The number of hydrogen-bond acceptors (Lipinski definition) is 5. The molecule has 1 saturated heterocycles. The molecule has 2 amide bonds. The molecule has 21 heavy (non-hydrogen) atoms. The molecular formula is C14H22N4O3. The summed E-state index contributed by atoms with van der Waals surface area (Å²) in [6.07, 6.45) is 2.49. The summed E-state index contributed by atoms with van der Waals surface area (Å²) in [5.41, 5.74) is 0. The molecule has 1 aromatic heterocycles. The quantitative estimate of drug-likeness (QED) is 0.809. The molecule has 0 bridgehead atoms. The Hall–Kier alpha value is -1.89. The van der Waals surface area contributed by atoms with Gasteiger partial charge in [-0.05, 0) is 38.8 Å². The summed E-state index contributed by atoms with van der Waals surface area (Å²) >= 11 is 0. The van der Waals surface area contributed by atoms with Crippen LogP contribution in [0.2, 0.25) is 0 Å². The second-order valence-electron chi connectivity index (χ2n) is 5.52. The topological polar surface area (TPSA) is 87.5 Å². The fourth-order valence-corrected chi connectivity index (χ4v) is 2.39. The summed E-state index contributed by atoms with van der Waals surface area (Å²) in [5, 5.41) is 9.56. The van der Waals surface area contributed by atoms with Crippen molar-refractivity contribution in [3.63, 3.8) is 0 Å². The van der Waals surface area contributed by atoms with Crippen molar-refractivity contribution in [1.82, 2.24) is 15.4 Å². The van der Waals surface area contributed by atoms with Gasteiger partial charge in [-0.25, -0.2) is 0 Å². The number of aromatic nitrogens is 1. The van der Waals surface area contributed by atoms with E-state index in [2.05, 4.69) is 15.8 Å². The highest BCUT2D eigenvalue weighted by molar-refractivity contribution is 5.93. The number of likely N-dealkylation sites (N-methyl/N-ethyl adjacent to an activating group) is 1. The maximum Gasteiger partial charge on any atom is 0.245 e. The normalized spacial score (nSPS) is 17.7. The molecular weight excluding hydrogens is 272 g/mol. The highest BCUT2D eigenvalue weighted by Crippen LogP contribution is 2.15. The second-order valence-corrected chi connectivity index (χ2v) is 5.52. The lowest BCUT2D eigenvalue weighted by Gasteiger charge is -2.17. The van der Waals surface area contributed by atoms with E-state index in [0.717, 1.165) is 25.9 Å². The summed E-state index contributed by atoms with van der Waals surface area (Å²) in [6.45, 7) is 3.79. The number of amides is 2. The van der Waals surface area contributed by atoms with Gasteiger partial charge >= 0.3 is 0 Å². The summed E-state index contributed by atoms with van der Waals surface area (Å²) in [7, 11) is 1.64. The Balaban J connectivity index is 1.70. The van der Waals surface area contributed by atoms with Gasteiger partial charge in [0, 0.05) is 19.5 Å². The minimum atomic E-state index is -0.276. The highest BCUT2D eigenvalue weighted by atomic mass is 16.5. The van der Waals surface area contributed by atoms with Crippen LogP contribution in [0.4, 0.5) is 5.82 Å². The number of carbonyl (C=O) groups is 2. The zero-order chi connectivity index (χ0) is 15.2. The first-order valence-electron chi connectivity index (χ1n) is 7.22. The zero-order valence-corrected chi connectivity index (χ0v) is 12.5. The van der Waals surface area contributed by atoms with E-state index in [9.17, 15) is 9.59 Å². The number of nitrogens with zero attached hydrogens (tertiary/aromatic N) is 2. The lowest BCUT2D eigenvalue weighted by Crippen LogP contribution is -2.35. The molecule has 1 unspecified atom stereocenters. The zero-order valence-electron chi connectivity index (χ0n) is 12.5. The van der Waals surface area contributed by atoms with Gasteiger partial charge in [0.1, 0.15) is 5.76 Å². The Bertz CT molecular complexity index is 494. The highest BCUT2D eigenvalue weighted by Gasteiger charge is 2.18. The molecule has 0 saturated carbocycles. The molecule has 0 aliphatic carbocycles. The second kappa shape index (κ2) is 7.21. The molecule has 0 aromatic carbocycles. The number of carbonyl (C=O) groups excluding carboxylic acids is 2. The largest absolute Gasteiger partial charge is 0.360 e. The van der Waals surface area contributed by atoms with Gasteiger partial charge in [0.15, 0.2) is 5.82 Å². The molecule has 2 heterocycles. The van der Waals surface area contributed by atoms with E-state index in [1.54, 1.807) is 20.0 Å². The van der Waals surface area contributed by atoms with Crippen LogP contribution in [-0.2, 0) is 9.59 Å². The van der Waals surface area contributed by atoms with Crippen LogP contribution >= 0.6 is 0 Å². The van der Waals surface area contributed by atoms with E-state index in [4.69, 9.17) is 4.52 Å². The fraction of sp³-hybridized carbons (Fsp3) is 0.643. The minimum Gasteiger partial charge on any atom is -0.360 e. The molecule has 1 atom stereocenters. The monoisotopic (exact) mass is 294 g/mol. The van der Waals surface area contributed by atoms with Crippen molar-refractivity contribution in [3.8, 4) is 0 Å². The Morgan fingerprint density at radius 2 is 2.38 bits per heavy atom. The van der Waals surface area contributed by atoms with Gasteiger partial charge in [-0.1, -0.05) is 5.16 Å². The van der Waals surface area contributed by atoms with E-state index in [1.165, 1.54) is 4.90 Å². The molecule has 1 aromatic rings. The van der Waals surface area contributed by atoms with Crippen LogP contribution in [-0.4, -0.2) is 48.6 Å². The number of hydrogen-bond donors (Lipinski definition) is 2. The van der Waals surface area contributed by atoms with Gasteiger partial charge in [-0.3, -0.25) is 9.59 Å². The molecule has 7 heteroatoms. The van der Waals surface area contributed by atoms with Crippen LogP contribution in [0.15, 0.2) is 10.6 Å². The van der Waals surface area contributed by atoms with E-state index in [0.29, 0.717) is 23.9 Å². The summed E-state index contributed by atoms with van der Waals surface area (Å²) in [5.74, 6) is 1.29. The first-order chi connectivity index (χ1) is 10.0. The van der Waals surface area contributed by atoms with Gasteiger partial charge in [0.05, 0.1) is 6.54 Å². The third kappa shape index (κ3) is 4.86.